The van der Waals surface area contributed by atoms with Crippen molar-refractivity contribution in [2.45, 2.75) is 52.5 Å². The fraction of sp³-hybridized carbons (Fsp3) is 0.562. The fourth-order valence-electron chi connectivity index (χ4n) is 2.94. The van der Waals surface area contributed by atoms with E-state index in [1.165, 1.54) is 12.8 Å². The van der Waals surface area contributed by atoms with Crippen molar-refractivity contribution in [1.82, 2.24) is 9.55 Å². The van der Waals surface area contributed by atoms with Gasteiger partial charge in [0, 0.05) is 6.04 Å². The van der Waals surface area contributed by atoms with Crippen molar-refractivity contribution < 1.29 is 0 Å². The van der Waals surface area contributed by atoms with E-state index >= 15 is 0 Å². The summed E-state index contributed by atoms with van der Waals surface area (Å²) in [7, 11) is 0. The smallest absolute Gasteiger partial charge is 0.306 e. The van der Waals surface area contributed by atoms with Crippen LogP contribution in [0.4, 0.5) is 0 Å². The molecule has 3 heteroatoms. The lowest BCUT2D eigenvalue weighted by atomic mass is 9.87. The summed E-state index contributed by atoms with van der Waals surface area (Å²) in [6.45, 7) is 6.30. The lowest BCUT2D eigenvalue weighted by Gasteiger charge is -2.27. The number of imidazole rings is 1. The molecular formula is C16H24N2O. The van der Waals surface area contributed by atoms with Crippen LogP contribution in [0.3, 0.4) is 0 Å². The molecule has 0 radical (unpaired) electrons. The molecule has 3 nitrogen and oxygen atoms in total. The van der Waals surface area contributed by atoms with Gasteiger partial charge in [-0.25, -0.2) is 4.79 Å². The van der Waals surface area contributed by atoms with E-state index in [4.69, 9.17) is 0 Å². The summed E-state index contributed by atoms with van der Waals surface area (Å²) in [6.07, 6.45) is 4.72. The number of nitrogens with one attached hydrogen (secondary N) is 1. The number of hydrogen-bond acceptors (Lipinski definition) is 1. The van der Waals surface area contributed by atoms with E-state index in [0.29, 0.717) is 6.04 Å². The lowest BCUT2D eigenvalue weighted by molar-refractivity contribution is 0.290. The van der Waals surface area contributed by atoms with Crippen molar-refractivity contribution in [2.24, 2.45) is 5.92 Å². The van der Waals surface area contributed by atoms with Crippen LogP contribution in [0.15, 0.2) is 29.1 Å². The van der Waals surface area contributed by atoms with Gasteiger partial charge in [0.15, 0.2) is 0 Å². The van der Waals surface area contributed by atoms with Crippen LogP contribution >= 0.6 is 0 Å². The van der Waals surface area contributed by atoms with E-state index in [-0.39, 0.29) is 5.69 Å². The molecular weight excluding hydrogens is 236 g/mol. The SMILES string of the molecule is CC.CC1CCC(n2c(=O)[nH]c3ccccc32)CC1. The standard InChI is InChI=1S/C14H18N2O.C2H6/c1-10-6-8-11(9-7-10)16-13-5-3-2-4-12(13)15-14(16)17;1-2/h2-5,10-11H,6-9H2,1H3,(H,15,17);1-2H3. The maximum absolute atomic E-state index is 12.0. The summed E-state index contributed by atoms with van der Waals surface area (Å²) in [5, 5.41) is 0. The van der Waals surface area contributed by atoms with Crippen LogP contribution in [0.1, 0.15) is 52.5 Å². The Bertz CT molecular complexity index is 574. The summed E-state index contributed by atoms with van der Waals surface area (Å²) >= 11 is 0. The second kappa shape index (κ2) is 6.09. The van der Waals surface area contributed by atoms with Crippen molar-refractivity contribution in [3.63, 3.8) is 0 Å². The van der Waals surface area contributed by atoms with Crippen LogP contribution in [0.25, 0.3) is 11.0 Å². The number of aromatic nitrogens is 2. The first kappa shape index (κ1) is 13.9. The topological polar surface area (TPSA) is 37.8 Å². The molecule has 1 fully saturated rings. The Morgan fingerprint density at radius 3 is 2.42 bits per heavy atom. The molecule has 0 amide bonds. The van der Waals surface area contributed by atoms with Crippen molar-refractivity contribution in [2.75, 3.05) is 0 Å². The van der Waals surface area contributed by atoms with E-state index in [1.807, 2.05) is 42.7 Å². The monoisotopic (exact) mass is 260 g/mol. The molecule has 0 saturated heterocycles. The summed E-state index contributed by atoms with van der Waals surface area (Å²) in [4.78, 5) is 15.0. The van der Waals surface area contributed by atoms with Gasteiger partial charge in [0.2, 0.25) is 0 Å². The highest BCUT2D eigenvalue weighted by atomic mass is 16.1. The average Bonchev–Trinajstić information content (AvgIpc) is 2.78. The summed E-state index contributed by atoms with van der Waals surface area (Å²) in [5.74, 6) is 0.812. The third-order valence-electron chi connectivity index (χ3n) is 3.97. The van der Waals surface area contributed by atoms with Gasteiger partial charge in [0.1, 0.15) is 0 Å². The minimum absolute atomic E-state index is 0.0470. The molecule has 0 atom stereocenters. The van der Waals surface area contributed by atoms with Crippen LogP contribution in [0.2, 0.25) is 0 Å². The Morgan fingerprint density at radius 2 is 1.74 bits per heavy atom. The highest BCUT2D eigenvalue weighted by Gasteiger charge is 2.22. The molecule has 104 valence electrons. The zero-order chi connectivity index (χ0) is 13.8. The minimum atomic E-state index is 0.0470. The Labute approximate surface area is 114 Å². The molecule has 3 rings (SSSR count). The van der Waals surface area contributed by atoms with Gasteiger partial charge in [0.05, 0.1) is 11.0 Å². The van der Waals surface area contributed by atoms with Gasteiger partial charge in [-0.1, -0.05) is 32.9 Å². The van der Waals surface area contributed by atoms with E-state index in [2.05, 4.69) is 11.9 Å². The van der Waals surface area contributed by atoms with Gasteiger partial charge in [0.25, 0.3) is 0 Å². The van der Waals surface area contributed by atoms with Crippen LogP contribution in [-0.2, 0) is 0 Å². The Hall–Kier alpha value is -1.51. The van der Waals surface area contributed by atoms with Gasteiger partial charge in [-0.3, -0.25) is 4.57 Å². The minimum Gasteiger partial charge on any atom is -0.306 e. The van der Waals surface area contributed by atoms with Crippen molar-refractivity contribution in [3.05, 3.63) is 34.7 Å². The predicted molar refractivity (Wildman–Crippen MR) is 80.6 cm³/mol. The van der Waals surface area contributed by atoms with E-state index in [9.17, 15) is 4.79 Å². The summed E-state index contributed by atoms with van der Waals surface area (Å²) < 4.78 is 1.96. The maximum Gasteiger partial charge on any atom is 0.326 e. The predicted octanol–water partition coefficient (Wildman–Crippen LogP) is 4.11. The number of hydrogen-bond donors (Lipinski definition) is 1. The number of aromatic amines is 1. The number of fused-ring (bicyclic) bond motifs is 1. The molecule has 1 heterocycles. The summed E-state index contributed by atoms with van der Waals surface area (Å²) in [5.41, 5.74) is 2.05. The second-order valence-corrected chi connectivity index (χ2v) is 5.23. The highest BCUT2D eigenvalue weighted by molar-refractivity contribution is 5.75. The molecule has 0 unspecified atom stereocenters. The van der Waals surface area contributed by atoms with Gasteiger partial charge in [-0.05, 0) is 43.7 Å². The third kappa shape index (κ3) is 2.75. The molecule has 1 aromatic carbocycles. The van der Waals surface area contributed by atoms with Crippen LogP contribution in [0, 0.1) is 5.92 Å². The van der Waals surface area contributed by atoms with Crippen molar-refractivity contribution in [3.8, 4) is 0 Å². The van der Waals surface area contributed by atoms with E-state index < -0.39 is 0 Å². The first-order valence-electron chi connectivity index (χ1n) is 7.45. The van der Waals surface area contributed by atoms with Gasteiger partial charge in [-0.2, -0.15) is 0 Å². The summed E-state index contributed by atoms with van der Waals surface area (Å²) in [6, 6.07) is 8.35. The first-order valence-corrected chi connectivity index (χ1v) is 7.45. The van der Waals surface area contributed by atoms with Gasteiger partial charge < -0.3 is 4.98 Å². The first-order chi connectivity index (χ1) is 9.25. The highest BCUT2D eigenvalue weighted by Crippen LogP contribution is 2.32. The molecule has 1 aliphatic carbocycles. The Morgan fingerprint density at radius 1 is 1.11 bits per heavy atom. The zero-order valence-corrected chi connectivity index (χ0v) is 12.1. The van der Waals surface area contributed by atoms with E-state index in [0.717, 1.165) is 29.8 Å². The van der Waals surface area contributed by atoms with Crippen molar-refractivity contribution >= 4 is 11.0 Å². The average molecular weight is 260 g/mol. The fourth-order valence-corrected chi connectivity index (χ4v) is 2.94. The molecule has 1 saturated carbocycles. The normalized spacial score (nSPS) is 22.9. The third-order valence-corrected chi connectivity index (χ3v) is 3.97. The van der Waals surface area contributed by atoms with Crippen molar-refractivity contribution in [1.29, 1.82) is 0 Å². The number of benzene rings is 1. The molecule has 1 aromatic heterocycles. The Balaban J connectivity index is 0.000000637. The molecule has 0 spiro atoms. The maximum atomic E-state index is 12.0. The van der Waals surface area contributed by atoms with Crippen LogP contribution in [-0.4, -0.2) is 9.55 Å². The molecule has 1 aliphatic rings. The molecule has 1 N–H and O–H groups in total. The molecule has 0 bridgehead atoms. The quantitative estimate of drug-likeness (QED) is 0.823. The molecule has 19 heavy (non-hydrogen) atoms. The molecule has 2 aromatic rings. The lowest BCUT2D eigenvalue weighted by Crippen LogP contribution is -2.25. The Kier molecular flexibility index (Phi) is 4.46. The van der Waals surface area contributed by atoms with E-state index in [1.54, 1.807) is 0 Å². The van der Waals surface area contributed by atoms with Gasteiger partial charge >= 0.3 is 5.69 Å². The number of H-pyrrole nitrogens is 1. The number of rotatable bonds is 1. The largest absolute Gasteiger partial charge is 0.326 e. The number of para-hydroxylation sites is 2. The zero-order valence-electron chi connectivity index (χ0n) is 12.1. The van der Waals surface area contributed by atoms with Crippen LogP contribution in [0.5, 0.6) is 0 Å². The second-order valence-electron chi connectivity index (χ2n) is 5.23. The number of nitrogens with zero attached hydrogens (tertiary/aromatic N) is 1. The van der Waals surface area contributed by atoms with Gasteiger partial charge in [-0.15, -0.1) is 0 Å². The van der Waals surface area contributed by atoms with Crippen LogP contribution < -0.4 is 5.69 Å². The molecule has 0 aliphatic heterocycles.